The van der Waals surface area contributed by atoms with Gasteiger partial charge in [-0.25, -0.2) is 8.78 Å². The smallest absolute Gasteiger partial charge is 0.326 e. The summed E-state index contributed by atoms with van der Waals surface area (Å²) in [6.45, 7) is 1.61. The van der Waals surface area contributed by atoms with E-state index in [2.05, 4.69) is 4.74 Å². The lowest BCUT2D eigenvalue weighted by Gasteiger charge is -2.06. The summed E-state index contributed by atoms with van der Waals surface area (Å²) >= 11 is 1.33. The van der Waals surface area contributed by atoms with Crippen molar-refractivity contribution in [3.8, 4) is 0 Å². The number of Topliss-reactive ketones (excluding diaryl/α,β-unsaturated/α-hetero) is 1. The van der Waals surface area contributed by atoms with Gasteiger partial charge in [-0.1, -0.05) is 22.6 Å². The maximum Gasteiger partial charge on any atom is 0.326 e. The molecule has 0 fully saturated rings. The lowest BCUT2D eigenvalue weighted by atomic mass is 10.3. The molecule has 0 aliphatic heterocycles. The maximum atomic E-state index is 11.7. The second-order valence-electron chi connectivity index (χ2n) is 1.82. The van der Waals surface area contributed by atoms with Crippen LogP contribution >= 0.6 is 22.6 Å². The van der Waals surface area contributed by atoms with Gasteiger partial charge in [-0.2, -0.15) is 0 Å². The van der Waals surface area contributed by atoms with E-state index in [0.717, 1.165) is 0 Å². The molecule has 0 saturated heterocycles. The van der Waals surface area contributed by atoms with Crippen molar-refractivity contribution in [2.45, 2.75) is 17.3 Å². The Morgan fingerprint density at radius 3 is 2.33 bits per heavy atom. The van der Waals surface area contributed by atoms with Crippen molar-refractivity contribution in [3.63, 3.8) is 0 Å². The Kier molecular flexibility index (Phi) is 5.27. The zero-order chi connectivity index (χ0) is 9.72. The first kappa shape index (κ1) is 11.7. The Balaban J connectivity index is 4.10. The van der Waals surface area contributed by atoms with Crippen LogP contribution in [-0.2, 0) is 14.3 Å². The normalized spacial score (nSPS) is 12.8. The Labute approximate surface area is 81.6 Å². The minimum absolute atomic E-state index is 0.0782. The van der Waals surface area contributed by atoms with Crippen LogP contribution in [-0.4, -0.2) is 28.7 Å². The van der Waals surface area contributed by atoms with Crippen LogP contribution in [0.15, 0.2) is 0 Å². The van der Waals surface area contributed by atoms with E-state index in [0.29, 0.717) is 0 Å². The number of carbonyl (C=O) groups excluding carboxylic acids is 2. The lowest BCUT2D eigenvalue weighted by Crippen LogP contribution is -2.30. The van der Waals surface area contributed by atoms with Crippen molar-refractivity contribution < 1.29 is 23.1 Å². The number of hydrogen-bond acceptors (Lipinski definition) is 3. The largest absolute Gasteiger partial charge is 0.465 e. The quantitative estimate of drug-likeness (QED) is 0.338. The predicted octanol–water partition coefficient (Wildman–Crippen LogP) is 1.19. The van der Waals surface area contributed by atoms with E-state index in [4.69, 9.17) is 0 Å². The molecule has 0 amide bonds. The molecule has 3 nitrogen and oxygen atoms in total. The SMILES string of the molecule is CCOC(=O)C(I)C(=O)C(F)F. The second kappa shape index (κ2) is 5.39. The van der Waals surface area contributed by atoms with Crippen LogP contribution in [0.25, 0.3) is 0 Å². The van der Waals surface area contributed by atoms with E-state index >= 15 is 0 Å². The van der Waals surface area contributed by atoms with Gasteiger partial charge in [0.1, 0.15) is 0 Å². The summed E-state index contributed by atoms with van der Waals surface area (Å²) in [7, 11) is 0. The molecule has 0 heterocycles. The first-order valence-electron chi connectivity index (χ1n) is 3.13. The van der Waals surface area contributed by atoms with Crippen LogP contribution in [0, 0.1) is 0 Å². The summed E-state index contributed by atoms with van der Waals surface area (Å²) < 4.78 is 26.4. The van der Waals surface area contributed by atoms with Gasteiger partial charge in [-0.05, 0) is 6.92 Å². The van der Waals surface area contributed by atoms with E-state index in [-0.39, 0.29) is 6.61 Å². The molecule has 0 aliphatic carbocycles. The molecule has 0 aliphatic rings. The van der Waals surface area contributed by atoms with Gasteiger partial charge >= 0.3 is 5.97 Å². The minimum Gasteiger partial charge on any atom is -0.465 e. The topological polar surface area (TPSA) is 43.4 Å². The van der Waals surface area contributed by atoms with Crippen LogP contribution in [0.3, 0.4) is 0 Å². The molecule has 0 spiro atoms. The number of alkyl halides is 3. The van der Waals surface area contributed by atoms with Crippen molar-refractivity contribution in [2.24, 2.45) is 0 Å². The summed E-state index contributed by atoms with van der Waals surface area (Å²) in [6.07, 6.45) is -3.11. The molecule has 0 radical (unpaired) electrons. The first-order valence-corrected chi connectivity index (χ1v) is 4.37. The van der Waals surface area contributed by atoms with E-state index in [1.807, 2.05) is 0 Å². The van der Waals surface area contributed by atoms with E-state index in [9.17, 15) is 18.4 Å². The number of hydrogen-bond donors (Lipinski definition) is 0. The predicted molar refractivity (Wildman–Crippen MR) is 45.5 cm³/mol. The molecule has 1 unspecified atom stereocenters. The number of carbonyl (C=O) groups is 2. The minimum atomic E-state index is -3.11. The summed E-state index contributed by atoms with van der Waals surface area (Å²) in [6, 6.07) is 0. The van der Waals surface area contributed by atoms with Gasteiger partial charge < -0.3 is 4.74 Å². The Morgan fingerprint density at radius 1 is 1.50 bits per heavy atom. The number of halogens is 3. The van der Waals surface area contributed by atoms with Gasteiger partial charge in [0.05, 0.1) is 6.61 Å². The standard InChI is InChI=1S/C6H7F2IO3/c1-2-12-6(11)3(9)4(10)5(7)8/h3,5H,2H2,1H3. The van der Waals surface area contributed by atoms with Crippen LogP contribution in [0.5, 0.6) is 0 Å². The fourth-order valence-electron chi connectivity index (χ4n) is 0.442. The summed E-state index contributed by atoms with van der Waals surface area (Å²) in [5.41, 5.74) is 0. The van der Waals surface area contributed by atoms with E-state index < -0.39 is 22.1 Å². The molecular formula is C6H7F2IO3. The number of rotatable bonds is 4. The highest BCUT2D eigenvalue weighted by Gasteiger charge is 2.31. The maximum absolute atomic E-state index is 11.7. The van der Waals surface area contributed by atoms with Crippen molar-refractivity contribution >= 4 is 34.3 Å². The zero-order valence-corrected chi connectivity index (χ0v) is 8.38. The number of ketones is 1. The molecule has 6 heteroatoms. The summed E-state index contributed by atoms with van der Waals surface area (Å²) in [5.74, 6) is -2.32. The second-order valence-corrected chi connectivity index (χ2v) is 3.06. The van der Waals surface area contributed by atoms with Gasteiger partial charge in [0, 0.05) is 0 Å². The van der Waals surface area contributed by atoms with Gasteiger partial charge in [0.2, 0.25) is 5.78 Å². The zero-order valence-electron chi connectivity index (χ0n) is 6.22. The van der Waals surface area contributed by atoms with Crippen LogP contribution in [0.1, 0.15) is 6.92 Å². The van der Waals surface area contributed by atoms with E-state index in [1.54, 1.807) is 0 Å². The molecular weight excluding hydrogens is 285 g/mol. The highest BCUT2D eigenvalue weighted by atomic mass is 127. The number of ether oxygens (including phenoxy) is 1. The van der Waals surface area contributed by atoms with Crippen LogP contribution in [0.2, 0.25) is 0 Å². The molecule has 1 atom stereocenters. The highest BCUT2D eigenvalue weighted by molar-refractivity contribution is 14.1. The first-order chi connectivity index (χ1) is 5.50. The lowest BCUT2D eigenvalue weighted by molar-refractivity contribution is -0.146. The monoisotopic (exact) mass is 292 g/mol. The molecule has 0 aromatic carbocycles. The number of esters is 1. The Morgan fingerprint density at radius 2 is 2.00 bits per heavy atom. The third-order valence-electron chi connectivity index (χ3n) is 0.958. The average Bonchev–Trinajstić information content (AvgIpc) is 2.02. The molecule has 70 valence electrons. The van der Waals surface area contributed by atoms with Crippen molar-refractivity contribution in [1.29, 1.82) is 0 Å². The molecule has 0 aromatic rings. The highest BCUT2D eigenvalue weighted by Crippen LogP contribution is 2.10. The fourth-order valence-corrected chi connectivity index (χ4v) is 0.894. The van der Waals surface area contributed by atoms with Gasteiger partial charge in [0.25, 0.3) is 6.43 Å². The fraction of sp³-hybridized carbons (Fsp3) is 0.667. The summed E-state index contributed by atoms with van der Waals surface area (Å²) in [5, 5.41) is 0. The van der Waals surface area contributed by atoms with Gasteiger partial charge in [0.15, 0.2) is 3.92 Å². The van der Waals surface area contributed by atoms with Crippen LogP contribution < -0.4 is 0 Å². The van der Waals surface area contributed by atoms with Crippen molar-refractivity contribution in [2.75, 3.05) is 6.61 Å². The molecule has 0 aromatic heterocycles. The van der Waals surface area contributed by atoms with Gasteiger partial charge in [-0.3, -0.25) is 9.59 Å². The third kappa shape index (κ3) is 3.42. The Bertz CT molecular complexity index is 184. The van der Waals surface area contributed by atoms with Crippen molar-refractivity contribution in [1.82, 2.24) is 0 Å². The molecule has 0 bridgehead atoms. The average molecular weight is 292 g/mol. The molecule has 0 N–H and O–H groups in total. The summed E-state index contributed by atoms with van der Waals surface area (Å²) in [4.78, 5) is 21.2. The molecule has 0 saturated carbocycles. The molecule has 12 heavy (non-hydrogen) atoms. The van der Waals surface area contributed by atoms with Gasteiger partial charge in [-0.15, -0.1) is 0 Å². The molecule has 0 rings (SSSR count). The third-order valence-corrected chi connectivity index (χ3v) is 2.08. The van der Waals surface area contributed by atoms with Crippen LogP contribution in [0.4, 0.5) is 8.78 Å². The van der Waals surface area contributed by atoms with E-state index in [1.165, 1.54) is 29.5 Å². The van der Waals surface area contributed by atoms with Crippen molar-refractivity contribution in [3.05, 3.63) is 0 Å². The Hall–Kier alpha value is -0.270.